The summed E-state index contributed by atoms with van der Waals surface area (Å²) >= 11 is 7.17. The minimum absolute atomic E-state index is 0.0366. The molecule has 0 aliphatic carbocycles. The van der Waals surface area contributed by atoms with Crippen LogP contribution in [0.3, 0.4) is 0 Å². The third-order valence-corrected chi connectivity index (χ3v) is 6.78. The first-order chi connectivity index (χ1) is 13.0. The zero-order chi connectivity index (χ0) is 19.3. The van der Waals surface area contributed by atoms with Crippen LogP contribution in [0.4, 0.5) is 11.4 Å². The molecule has 27 heavy (non-hydrogen) atoms. The summed E-state index contributed by atoms with van der Waals surface area (Å²) < 4.78 is 28.2. The highest BCUT2D eigenvalue weighted by Gasteiger charge is 2.27. The monoisotopic (exact) mass is 423 g/mol. The van der Waals surface area contributed by atoms with E-state index in [4.69, 9.17) is 11.6 Å². The van der Waals surface area contributed by atoms with Crippen molar-refractivity contribution in [1.82, 2.24) is 4.98 Å². The minimum Gasteiger partial charge on any atom is -0.394 e. The number of hydrogen-bond donors (Lipinski definition) is 2. The third kappa shape index (κ3) is 4.59. The van der Waals surface area contributed by atoms with Crippen molar-refractivity contribution >= 4 is 44.3 Å². The second-order valence-corrected chi connectivity index (χ2v) is 9.09. The van der Waals surface area contributed by atoms with Gasteiger partial charge in [-0.25, -0.2) is 13.4 Å². The normalized spacial score (nSPS) is 11.3. The summed E-state index contributed by atoms with van der Waals surface area (Å²) in [6, 6.07) is 15.4. The van der Waals surface area contributed by atoms with Crippen LogP contribution in [0.2, 0.25) is 4.47 Å². The van der Waals surface area contributed by atoms with Crippen LogP contribution in [0.5, 0.6) is 0 Å². The molecule has 0 saturated heterocycles. The summed E-state index contributed by atoms with van der Waals surface area (Å²) in [5.74, 6) is 0. The van der Waals surface area contributed by atoms with Gasteiger partial charge in [0.25, 0.3) is 10.0 Å². The maximum absolute atomic E-state index is 13.3. The maximum Gasteiger partial charge on any atom is 0.266 e. The van der Waals surface area contributed by atoms with E-state index in [1.807, 2.05) is 6.07 Å². The molecule has 142 valence electrons. The SMILES string of the molecule is O=S(=O)(c1ccccc1NCc1cnc(Cl)s1)N(CCO)c1ccccc1. The highest BCUT2D eigenvalue weighted by atomic mass is 35.5. The Morgan fingerprint density at radius 1 is 1.11 bits per heavy atom. The molecule has 1 aromatic heterocycles. The third-order valence-electron chi connectivity index (χ3n) is 3.78. The number of para-hydroxylation sites is 2. The number of hydrogen-bond acceptors (Lipinski definition) is 6. The van der Waals surface area contributed by atoms with Crippen molar-refractivity contribution in [1.29, 1.82) is 0 Å². The fraction of sp³-hybridized carbons (Fsp3) is 0.167. The average Bonchev–Trinajstić information content (AvgIpc) is 3.10. The molecule has 0 bridgehead atoms. The number of aromatic nitrogens is 1. The van der Waals surface area contributed by atoms with Crippen LogP contribution in [-0.4, -0.2) is 31.7 Å². The van der Waals surface area contributed by atoms with Crippen LogP contribution in [-0.2, 0) is 16.6 Å². The van der Waals surface area contributed by atoms with Crippen molar-refractivity contribution < 1.29 is 13.5 Å². The maximum atomic E-state index is 13.3. The van der Waals surface area contributed by atoms with E-state index < -0.39 is 10.0 Å². The first-order valence-electron chi connectivity index (χ1n) is 8.14. The van der Waals surface area contributed by atoms with Crippen LogP contribution < -0.4 is 9.62 Å². The summed E-state index contributed by atoms with van der Waals surface area (Å²) in [5.41, 5.74) is 0.969. The fourth-order valence-corrected chi connectivity index (χ4v) is 5.12. The Hall–Kier alpha value is -2.13. The van der Waals surface area contributed by atoms with E-state index in [1.165, 1.54) is 15.6 Å². The van der Waals surface area contributed by atoms with Gasteiger partial charge in [0.2, 0.25) is 0 Å². The molecule has 0 aliphatic heterocycles. The van der Waals surface area contributed by atoms with E-state index in [1.54, 1.807) is 54.7 Å². The van der Waals surface area contributed by atoms with Gasteiger partial charge in [0.15, 0.2) is 4.47 Å². The van der Waals surface area contributed by atoms with Crippen LogP contribution in [0.25, 0.3) is 0 Å². The Balaban J connectivity index is 1.93. The molecule has 0 unspecified atom stereocenters. The Morgan fingerprint density at radius 2 is 1.81 bits per heavy atom. The van der Waals surface area contributed by atoms with Crippen molar-refractivity contribution in [2.75, 3.05) is 22.8 Å². The molecule has 0 radical (unpaired) electrons. The molecule has 9 heteroatoms. The Bertz CT molecular complexity index is 994. The molecular weight excluding hydrogens is 406 g/mol. The molecule has 0 fully saturated rings. The second-order valence-electron chi connectivity index (χ2n) is 5.57. The zero-order valence-electron chi connectivity index (χ0n) is 14.2. The molecule has 3 rings (SSSR count). The van der Waals surface area contributed by atoms with E-state index in [-0.39, 0.29) is 18.0 Å². The van der Waals surface area contributed by atoms with Gasteiger partial charge in [0.1, 0.15) is 4.90 Å². The molecule has 1 heterocycles. The fourth-order valence-electron chi connectivity index (χ4n) is 2.58. The number of anilines is 2. The van der Waals surface area contributed by atoms with Gasteiger partial charge in [0.05, 0.1) is 31.1 Å². The number of aliphatic hydroxyl groups excluding tert-OH is 1. The number of thiazole rings is 1. The molecule has 0 aliphatic rings. The first-order valence-corrected chi connectivity index (χ1v) is 10.8. The topological polar surface area (TPSA) is 82.5 Å². The summed E-state index contributed by atoms with van der Waals surface area (Å²) in [4.78, 5) is 5.01. The predicted octanol–water partition coefficient (Wildman–Crippen LogP) is 3.60. The molecule has 2 aromatic carbocycles. The Labute approximate surface area is 167 Å². The largest absolute Gasteiger partial charge is 0.394 e. The van der Waals surface area contributed by atoms with Crippen molar-refractivity contribution in [3.63, 3.8) is 0 Å². The van der Waals surface area contributed by atoms with Crippen LogP contribution >= 0.6 is 22.9 Å². The van der Waals surface area contributed by atoms with Gasteiger partial charge < -0.3 is 10.4 Å². The lowest BCUT2D eigenvalue weighted by Gasteiger charge is -2.25. The van der Waals surface area contributed by atoms with Crippen molar-refractivity contribution in [2.24, 2.45) is 0 Å². The number of sulfonamides is 1. The summed E-state index contributed by atoms with van der Waals surface area (Å²) in [6.45, 7) is 0.0798. The van der Waals surface area contributed by atoms with E-state index >= 15 is 0 Å². The van der Waals surface area contributed by atoms with E-state index in [9.17, 15) is 13.5 Å². The number of benzene rings is 2. The lowest BCUT2D eigenvalue weighted by atomic mass is 10.3. The molecule has 0 spiro atoms. The van der Waals surface area contributed by atoms with Crippen LogP contribution in [0.1, 0.15) is 4.88 Å². The molecule has 0 atom stereocenters. The van der Waals surface area contributed by atoms with Gasteiger partial charge in [-0.3, -0.25) is 4.31 Å². The molecule has 3 aromatic rings. The number of nitrogens with one attached hydrogen (secondary N) is 1. The summed E-state index contributed by atoms with van der Waals surface area (Å²) in [7, 11) is -3.87. The Morgan fingerprint density at radius 3 is 2.48 bits per heavy atom. The molecule has 0 amide bonds. The highest BCUT2D eigenvalue weighted by molar-refractivity contribution is 7.93. The van der Waals surface area contributed by atoms with Gasteiger partial charge in [-0.05, 0) is 24.3 Å². The summed E-state index contributed by atoms with van der Waals surface area (Å²) in [5, 5.41) is 12.5. The number of halogens is 1. The van der Waals surface area contributed by atoms with Gasteiger partial charge in [-0.1, -0.05) is 41.9 Å². The van der Waals surface area contributed by atoms with Gasteiger partial charge in [-0.2, -0.15) is 0 Å². The number of rotatable bonds is 8. The lowest BCUT2D eigenvalue weighted by Crippen LogP contribution is -2.34. The number of aliphatic hydroxyl groups is 1. The number of nitrogens with zero attached hydrogens (tertiary/aromatic N) is 2. The quantitative estimate of drug-likeness (QED) is 0.578. The van der Waals surface area contributed by atoms with Crippen LogP contribution in [0, 0.1) is 0 Å². The van der Waals surface area contributed by atoms with Crippen LogP contribution in [0.15, 0.2) is 65.7 Å². The van der Waals surface area contributed by atoms with Crippen molar-refractivity contribution in [2.45, 2.75) is 11.4 Å². The molecule has 2 N–H and O–H groups in total. The minimum atomic E-state index is -3.87. The molecule has 6 nitrogen and oxygen atoms in total. The van der Waals surface area contributed by atoms with Crippen molar-refractivity contribution in [3.05, 3.63) is 70.1 Å². The first kappa shape index (κ1) is 19.6. The second kappa shape index (κ2) is 8.71. The summed E-state index contributed by atoms with van der Waals surface area (Å²) in [6.07, 6.45) is 1.65. The highest BCUT2D eigenvalue weighted by Crippen LogP contribution is 2.29. The zero-order valence-corrected chi connectivity index (χ0v) is 16.6. The van der Waals surface area contributed by atoms with E-state index in [0.29, 0.717) is 22.4 Å². The lowest BCUT2D eigenvalue weighted by molar-refractivity contribution is 0.306. The standard InChI is InChI=1S/C18H18ClN3O3S2/c19-18-21-13-15(26-18)12-20-16-8-4-5-9-17(16)27(24,25)22(10-11-23)14-6-2-1-3-7-14/h1-9,13,20,23H,10-12H2. The molecule has 0 saturated carbocycles. The predicted molar refractivity (Wildman–Crippen MR) is 109 cm³/mol. The van der Waals surface area contributed by atoms with E-state index in [0.717, 1.165) is 4.88 Å². The average molecular weight is 424 g/mol. The van der Waals surface area contributed by atoms with Gasteiger partial charge >= 0.3 is 0 Å². The smallest absolute Gasteiger partial charge is 0.266 e. The van der Waals surface area contributed by atoms with E-state index in [2.05, 4.69) is 10.3 Å². The van der Waals surface area contributed by atoms with Gasteiger partial charge in [0, 0.05) is 11.1 Å². The van der Waals surface area contributed by atoms with Gasteiger partial charge in [-0.15, -0.1) is 11.3 Å². The molecular formula is C18H18ClN3O3S2. The Kier molecular flexibility index (Phi) is 6.33. The van der Waals surface area contributed by atoms with Crippen molar-refractivity contribution in [3.8, 4) is 0 Å².